The van der Waals surface area contributed by atoms with Gasteiger partial charge in [-0.05, 0) is 19.4 Å². The first kappa shape index (κ1) is 32.2. The molecule has 1 amide bonds. The molecule has 3 aliphatic rings. The largest absolute Gasteiger partial charge is 0.455 e. The highest BCUT2D eigenvalue weighted by Crippen LogP contribution is 2.37. The lowest BCUT2D eigenvalue weighted by atomic mass is 9.94. The third-order valence-electron chi connectivity index (χ3n) is 6.91. The van der Waals surface area contributed by atoms with Crippen molar-refractivity contribution in [2.75, 3.05) is 13.7 Å². The van der Waals surface area contributed by atoms with E-state index in [-0.39, 0.29) is 13.2 Å². The number of rotatable bonds is 9. The first-order valence-corrected chi connectivity index (χ1v) is 13.6. The molecule has 1 aromatic rings. The second-order valence-electron chi connectivity index (χ2n) is 10.7. The molecule has 0 saturated carbocycles. The standard InChI is InChI=1S/C28H39NO13/c1-14(30)29-19-21(20-18(39-26(19)34-6)13-36-28(4,5)42-20)40-27-24(38-16(3)32)22(37-15(2)31)23(25(33)41-27)35-12-17-10-8-7-9-11-17/h7-11,18-27,33H,12-13H2,1-6H3,(H,29,30)/t18-,19-,20-,21-,22-,23-,24-,25-,26-,27-/m1/s1. The summed E-state index contributed by atoms with van der Waals surface area (Å²) >= 11 is 0. The van der Waals surface area contributed by atoms with Crippen LogP contribution in [-0.4, -0.2) is 104 Å². The van der Waals surface area contributed by atoms with E-state index in [9.17, 15) is 19.5 Å². The van der Waals surface area contributed by atoms with Crippen LogP contribution in [0.1, 0.15) is 40.2 Å². The molecule has 3 fully saturated rings. The average Bonchev–Trinajstić information content (AvgIpc) is 2.91. The topological polar surface area (TPSA) is 167 Å². The highest BCUT2D eigenvalue weighted by atomic mass is 16.8. The first-order chi connectivity index (χ1) is 19.9. The van der Waals surface area contributed by atoms with E-state index in [1.807, 2.05) is 30.3 Å². The molecule has 2 N–H and O–H groups in total. The molecule has 0 aromatic heterocycles. The molecule has 0 aliphatic carbocycles. The number of hydrogen-bond donors (Lipinski definition) is 2. The number of aliphatic hydroxyl groups is 1. The van der Waals surface area contributed by atoms with E-state index >= 15 is 0 Å². The van der Waals surface area contributed by atoms with Gasteiger partial charge in [-0.25, -0.2) is 0 Å². The average molecular weight is 598 g/mol. The molecule has 14 heteroatoms. The maximum Gasteiger partial charge on any atom is 0.303 e. The Morgan fingerprint density at radius 3 is 2.24 bits per heavy atom. The Labute approximate surface area is 243 Å². The summed E-state index contributed by atoms with van der Waals surface area (Å²) in [6.07, 6.45) is -10.7. The van der Waals surface area contributed by atoms with Crippen LogP contribution >= 0.6 is 0 Å². The molecule has 1 aromatic carbocycles. The molecule has 42 heavy (non-hydrogen) atoms. The van der Waals surface area contributed by atoms with Gasteiger partial charge in [0.05, 0.1) is 13.2 Å². The second-order valence-corrected chi connectivity index (χ2v) is 10.7. The molecule has 234 valence electrons. The van der Waals surface area contributed by atoms with Gasteiger partial charge in [-0.1, -0.05) is 30.3 Å². The van der Waals surface area contributed by atoms with Crippen molar-refractivity contribution in [3.63, 3.8) is 0 Å². The van der Waals surface area contributed by atoms with Gasteiger partial charge < -0.3 is 53.1 Å². The van der Waals surface area contributed by atoms with Crippen molar-refractivity contribution >= 4 is 17.8 Å². The van der Waals surface area contributed by atoms with Gasteiger partial charge in [0.1, 0.15) is 30.5 Å². The molecule has 14 nitrogen and oxygen atoms in total. The highest BCUT2D eigenvalue weighted by molar-refractivity contribution is 5.73. The summed E-state index contributed by atoms with van der Waals surface area (Å²) in [4.78, 5) is 36.6. The molecule has 0 spiro atoms. The summed E-state index contributed by atoms with van der Waals surface area (Å²) in [6, 6.07) is 8.19. The Balaban J connectivity index is 1.66. The second kappa shape index (κ2) is 13.7. The van der Waals surface area contributed by atoms with E-state index in [1.54, 1.807) is 13.8 Å². The predicted octanol–water partition coefficient (Wildman–Crippen LogP) is 0.523. The number of methoxy groups -OCH3 is 1. The molecule has 3 saturated heterocycles. The smallest absolute Gasteiger partial charge is 0.303 e. The highest BCUT2D eigenvalue weighted by Gasteiger charge is 2.57. The Morgan fingerprint density at radius 2 is 1.62 bits per heavy atom. The van der Waals surface area contributed by atoms with Crippen LogP contribution in [-0.2, 0) is 63.6 Å². The summed E-state index contributed by atoms with van der Waals surface area (Å²) < 4.78 is 52.7. The molecule has 4 rings (SSSR count). The van der Waals surface area contributed by atoms with Gasteiger partial charge in [0.25, 0.3) is 0 Å². The molecular formula is C28H39NO13. The molecule has 10 atom stereocenters. The fraction of sp³-hybridized carbons (Fsp3) is 0.679. The van der Waals surface area contributed by atoms with E-state index in [1.165, 1.54) is 27.9 Å². The summed E-state index contributed by atoms with van der Waals surface area (Å²) in [5, 5.41) is 13.8. The van der Waals surface area contributed by atoms with Gasteiger partial charge in [0, 0.05) is 27.9 Å². The van der Waals surface area contributed by atoms with E-state index in [0.29, 0.717) is 0 Å². The van der Waals surface area contributed by atoms with Crippen LogP contribution in [0.5, 0.6) is 0 Å². The lowest BCUT2D eigenvalue weighted by molar-refractivity contribution is -0.402. The van der Waals surface area contributed by atoms with Crippen LogP contribution < -0.4 is 5.32 Å². The molecule has 3 aliphatic heterocycles. The summed E-state index contributed by atoms with van der Waals surface area (Å²) in [5.41, 5.74) is 0.782. The van der Waals surface area contributed by atoms with Crippen molar-refractivity contribution in [2.24, 2.45) is 0 Å². The third-order valence-corrected chi connectivity index (χ3v) is 6.91. The van der Waals surface area contributed by atoms with Crippen molar-refractivity contribution in [2.45, 2.75) is 109 Å². The van der Waals surface area contributed by atoms with E-state index in [2.05, 4.69) is 5.32 Å². The van der Waals surface area contributed by atoms with Gasteiger partial charge >= 0.3 is 11.9 Å². The number of fused-ring (bicyclic) bond motifs is 1. The van der Waals surface area contributed by atoms with Crippen molar-refractivity contribution in [3.05, 3.63) is 35.9 Å². The van der Waals surface area contributed by atoms with Crippen LogP contribution in [0.15, 0.2) is 30.3 Å². The minimum Gasteiger partial charge on any atom is -0.455 e. The third kappa shape index (κ3) is 7.82. The maximum absolute atomic E-state index is 12.3. The number of hydrogen-bond acceptors (Lipinski definition) is 13. The summed E-state index contributed by atoms with van der Waals surface area (Å²) in [7, 11) is 1.40. The number of ether oxygens (including phenoxy) is 9. The van der Waals surface area contributed by atoms with Crippen LogP contribution in [0, 0.1) is 0 Å². The quantitative estimate of drug-likeness (QED) is 0.379. The number of carbonyl (C=O) groups is 3. The zero-order valence-electron chi connectivity index (χ0n) is 24.4. The number of esters is 2. The fourth-order valence-electron chi connectivity index (χ4n) is 5.22. The molecular weight excluding hydrogens is 558 g/mol. The molecule has 3 heterocycles. The van der Waals surface area contributed by atoms with Gasteiger partial charge in [-0.3, -0.25) is 14.4 Å². The van der Waals surface area contributed by atoms with Gasteiger partial charge in [-0.15, -0.1) is 0 Å². The fourth-order valence-corrected chi connectivity index (χ4v) is 5.22. The Kier molecular flexibility index (Phi) is 10.5. The number of amides is 1. The van der Waals surface area contributed by atoms with Gasteiger partial charge in [-0.2, -0.15) is 0 Å². The Hall–Kier alpha value is -2.69. The van der Waals surface area contributed by atoms with Crippen molar-refractivity contribution in [1.82, 2.24) is 5.32 Å². The number of nitrogens with one attached hydrogen (secondary N) is 1. The monoisotopic (exact) mass is 597 g/mol. The minimum atomic E-state index is -1.67. The lowest BCUT2D eigenvalue weighted by Crippen LogP contribution is -2.71. The number of carbonyl (C=O) groups excluding carboxylic acids is 3. The van der Waals surface area contributed by atoms with Crippen molar-refractivity contribution < 1.29 is 62.1 Å². The lowest BCUT2D eigenvalue weighted by Gasteiger charge is -2.52. The number of benzene rings is 1. The predicted molar refractivity (Wildman–Crippen MR) is 140 cm³/mol. The summed E-state index contributed by atoms with van der Waals surface area (Å²) in [6.45, 7) is 7.24. The Morgan fingerprint density at radius 1 is 0.952 bits per heavy atom. The van der Waals surface area contributed by atoms with Crippen LogP contribution in [0.25, 0.3) is 0 Å². The zero-order valence-corrected chi connectivity index (χ0v) is 24.4. The SMILES string of the molecule is CO[C@@H]1O[C@@H]2COC(C)(C)O[C@H]2[C@H](O[C@@H]2O[C@@H](O)[C@H](OCc3ccccc3)[C@@H](OC(C)=O)[C@H]2OC(C)=O)[C@H]1NC(C)=O. The van der Waals surface area contributed by atoms with E-state index < -0.39 is 85.2 Å². The number of aliphatic hydroxyl groups excluding tert-OH is 1. The zero-order chi connectivity index (χ0) is 30.6. The maximum atomic E-state index is 12.3. The van der Waals surface area contributed by atoms with Crippen molar-refractivity contribution in [3.8, 4) is 0 Å². The van der Waals surface area contributed by atoms with Crippen LogP contribution in [0.2, 0.25) is 0 Å². The molecule has 0 bridgehead atoms. The first-order valence-electron chi connectivity index (χ1n) is 13.6. The summed E-state index contributed by atoms with van der Waals surface area (Å²) in [5.74, 6) is -2.88. The van der Waals surface area contributed by atoms with Gasteiger partial charge in [0.2, 0.25) is 12.2 Å². The van der Waals surface area contributed by atoms with E-state index in [4.69, 9.17) is 42.6 Å². The van der Waals surface area contributed by atoms with Crippen LogP contribution in [0.3, 0.4) is 0 Å². The molecule has 0 unspecified atom stereocenters. The van der Waals surface area contributed by atoms with Gasteiger partial charge in [0.15, 0.2) is 30.6 Å². The minimum absolute atomic E-state index is 0.0365. The Bertz CT molecular complexity index is 1080. The van der Waals surface area contributed by atoms with E-state index in [0.717, 1.165) is 5.56 Å². The normalized spacial score (nSPS) is 35.9. The molecule has 0 radical (unpaired) electrons. The van der Waals surface area contributed by atoms with Crippen molar-refractivity contribution in [1.29, 1.82) is 0 Å². The van der Waals surface area contributed by atoms with Crippen LogP contribution in [0.4, 0.5) is 0 Å².